The van der Waals surface area contributed by atoms with Crippen molar-refractivity contribution in [2.75, 3.05) is 0 Å². The van der Waals surface area contributed by atoms with E-state index >= 15 is 0 Å². The second-order valence-corrected chi connectivity index (χ2v) is 3.27. The van der Waals surface area contributed by atoms with E-state index in [1.807, 2.05) is 19.9 Å². The Kier molecular flexibility index (Phi) is 1.94. The summed E-state index contributed by atoms with van der Waals surface area (Å²) in [4.78, 5) is 0. The van der Waals surface area contributed by atoms with Crippen LogP contribution in [-0.2, 0) is 5.31 Å². The maximum absolute atomic E-state index is 9.12. The van der Waals surface area contributed by atoms with Crippen LogP contribution in [0.25, 0.3) is 0 Å². The third-order valence-corrected chi connectivity index (χ3v) is 1.59. The Morgan fingerprint density at radius 3 is 2.36 bits per heavy atom. The smallest absolute Gasteiger partial charge is 0.115 e. The fourth-order valence-electron chi connectivity index (χ4n) is 0.907. The van der Waals surface area contributed by atoms with Crippen molar-refractivity contribution in [3.05, 3.63) is 29.8 Å². The molecule has 56 valence electrons. The van der Waals surface area contributed by atoms with E-state index in [4.69, 9.17) is 13.0 Å². The van der Waals surface area contributed by atoms with E-state index in [0.717, 1.165) is 5.56 Å². The molecular weight excluding hydrogens is 135 g/mol. The first kappa shape index (κ1) is 8.18. The molecule has 2 heteroatoms. The monoisotopic (exact) mass is 146 g/mol. The van der Waals surface area contributed by atoms with Gasteiger partial charge in [-0.1, -0.05) is 26.0 Å². The number of hydrogen-bond acceptors (Lipinski definition) is 1. The Morgan fingerprint density at radius 1 is 1.36 bits per heavy atom. The van der Waals surface area contributed by atoms with Crippen LogP contribution in [0.15, 0.2) is 24.3 Å². The van der Waals surface area contributed by atoms with Gasteiger partial charge in [0, 0.05) is 0 Å². The third kappa shape index (κ3) is 2.00. The average Bonchev–Trinajstić information content (AvgIpc) is 1.86. The van der Waals surface area contributed by atoms with Crippen LogP contribution in [-0.4, -0.2) is 13.0 Å². The molecule has 11 heavy (non-hydrogen) atoms. The minimum atomic E-state index is -0.376. The molecule has 0 aliphatic heterocycles. The highest BCUT2D eigenvalue weighted by Gasteiger charge is 2.12. The van der Waals surface area contributed by atoms with Crippen molar-refractivity contribution in [2.24, 2.45) is 0 Å². The normalized spacial score (nSPS) is 11.5. The van der Waals surface area contributed by atoms with Crippen molar-refractivity contribution < 1.29 is 5.11 Å². The van der Waals surface area contributed by atoms with Gasteiger partial charge in [-0.3, -0.25) is 0 Å². The summed E-state index contributed by atoms with van der Waals surface area (Å²) in [6.07, 6.45) is 0. The van der Waals surface area contributed by atoms with Gasteiger partial charge in [0.15, 0.2) is 0 Å². The first-order chi connectivity index (χ1) is 5.00. The third-order valence-electron chi connectivity index (χ3n) is 1.59. The molecule has 0 bridgehead atoms. The summed E-state index contributed by atoms with van der Waals surface area (Å²) in [5, 5.41) is 8.74. The van der Waals surface area contributed by atoms with Crippen molar-refractivity contribution in [2.45, 2.75) is 19.2 Å². The highest BCUT2D eigenvalue weighted by atomic mass is 16.3. The molecule has 0 unspecified atom stereocenters. The number of benzene rings is 1. The minimum Gasteiger partial charge on any atom is -0.508 e. The van der Waals surface area contributed by atoms with E-state index in [1.165, 1.54) is 0 Å². The van der Waals surface area contributed by atoms with Crippen LogP contribution >= 0.6 is 0 Å². The molecule has 0 fully saturated rings. The Balaban J connectivity index is 3.06. The number of phenolic OH excluding ortho intramolecular Hbond substituents is 1. The lowest BCUT2D eigenvalue weighted by molar-refractivity contribution is 0.473. The van der Waals surface area contributed by atoms with Gasteiger partial charge in [-0.2, -0.15) is 0 Å². The quantitative estimate of drug-likeness (QED) is 0.598. The SMILES string of the molecule is [B]C(C)(C)c1cccc(O)c1. The lowest BCUT2D eigenvalue weighted by Gasteiger charge is -2.19. The van der Waals surface area contributed by atoms with E-state index in [1.54, 1.807) is 18.2 Å². The van der Waals surface area contributed by atoms with Gasteiger partial charge in [-0.15, -0.1) is 0 Å². The summed E-state index contributed by atoms with van der Waals surface area (Å²) in [5.41, 5.74) is 0.942. The van der Waals surface area contributed by atoms with Gasteiger partial charge in [0.2, 0.25) is 0 Å². The van der Waals surface area contributed by atoms with Gasteiger partial charge in [0.25, 0.3) is 0 Å². The van der Waals surface area contributed by atoms with E-state index in [2.05, 4.69) is 0 Å². The zero-order valence-corrected chi connectivity index (χ0v) is 6.83. The average molecular weight is 146 g/mol. The number of aromatic hydroxyl groups is 1. The van der Waals surface area contributed by atoms with Crippen LogP contribution in [0.1, 0.15) is 19.4 Å². The van der Waals surface area contributed by atoms with Crippen molar-refractivity contribution in [1.29, 1.82) is 0 Å². The molecule has 0 aromatic heterocycles. The summed E-state index contributed by atoms with van der Waals surface area (Å²) in [5.74, 6) is 0.265. The second-order valence-electron chi connectivity index (χ2n) is 3.27. The summed E-state index contributed by atoms with van der Waals surface area (Å²) in [6.45, 7) is 3.81. The molecule has 0 aliphatic rings. The molecule has 1 N–H and O–H groups in total. The lowest BCUT2D eigenvalue weighted by atomic mass is 9.67. The maximum atomic E-state index is 9.12. The standard InChI is InChI=1S/C9H11BO/c1-9(2,10)7-4-3-5-8(11)6-7/h3-6,11H,1-2H3. The van der Waals surface area contributed by atoms with E-state index < -0.39 is 0 Å². The van der Waals surface area contributed by atoms with Gasteiger partial charge < -0.3 is 5.11 Å². The van der Waals surface area contributed by atoms with Crippen molar-refractivity contribution >= 4 is 7.85 Å². The molecule has 1 rings (SSSR count). The predicted molar refractivity (Wildman–Crippen MR) is 46.9 cm³/mol. The van der Waals surface area contributed by atoms with Crippen molar-refractivity contribution in [3.8, 4) is 5.75 Å². The van der Waals surface area contributed by atoms with Gasteiger partial charge >= 0.3 is 0 Å². The van der Waals surface area contributed by atoms with Crippen LogP contribution in [0.5, 0.6) is 5.75 Å². The molecule has 2 radical (unpaired) electrons. The van der Waals surface area contributed by atoms with Crippen LogP contribution < -0.4 is 0 Å². The largest absolute Gasteiger partial charge is 0.508 e. The van der Waals surface area contributed by atoms with Crippen molar-refractivity contribution in [1.82, 2.24) is 0 Å². The first-order valence-electron chi connectivity index (χ1n) is 3.58. The van der Waals surface area contributed by atoms with Crippen LogP contribution in [0, 0.1) is 0 Å². The highest BCUT2D eigenvalue weighted by molar-refractivity contribution is 6.15. The van der Waals surface area contributed by atoms with Crippen LogP contribution in [0.4, 0.5) is 0 Å². The molecule has 0 atom stereocenters. The van der Waals surface area contributed by atoms with Gasteiger partial charge in [0.1, 0.15) is 5.75 Å². The molecule has 1 nitrogen and oxygen atoms in total. The topological polar surface area (TPSA) is 20.2 Å². The van der Waals surface area contributed by atoms with E-state index in [0.29, 0.717) is 0 Å². The van der Waals surface area contributed by atoms with Gasteiger partial charge in [-0.05, 0) is 23.0 Å². The minimum absolute atomic E-state index is 0.265. The second kappa shape index (κ2) is 2.61. The molecular formula is C9H11BO. The van der Waals surface area contributed by atoms with E-state index in [9.17, 15) is 0 Å². The first-order valence-corrected chi connectivity index (χ1v) is 3.58. The van der Waals surface area contributed by atoms with E-state index in [-0.39, 0.29) is 11.1 Å². The summed E-state index contributed by atoms with van der Waals surface area (Å²) in [7, 11) is 5.81. The Labute approximate surface area is 68.5 Å². The Hall–Kier alpha value is -0.915. The number of phenols is 1. The number of rotatable bonds is 1. The van der Waals surface area contributed by atoms with Gasteiger partial charge in [-0.25, -0.2) is 0 Å². The molecule has 1 aromatic carbocycles. The molecule has 0 amide bonds. The zero-order valence-electron chi connectivity index (χ0n) is 6.83. The molecule has 1 aromatic rings. The van der Waals surface area contributed by atoms with Gasteiger partial charge in [0.05, 0.1) is 7.85 Å². The van der Waals surface area contributed by atoms with Crippen LogP contribution in [0.2, 0.25) is 0 Å². The molecule has 0 spiro atoms. The Morgan fingerprint density at radius 2 is 2.00 bits per heavy atom. The highest BCUT2D eigenvalue weighted by Crippen LogP contribution is 2.22. The molecule has 0 saturated heterocycles. The summed E-state index contributed by atoms with van der Waals surface area (Å²) >= 11 is 0. The van der Waals surface area contributed by atoms with Crippen LogP contribution in [0.3, 0.4) is 0 Å². The summed E-state index contributed by atoms with van der Waals surface area (Å²) in [6, 6.07) is 7.01. The summed E-state index contributed by atoms with van der Waals surface area (Å²) < 4.78 is 0. The van der Waals surface area contributed by atoms with Crippen molar-refractivity contribution in [3.63, 3.8) is 0 Å². The lowest BCUT2D eigenvalue weighted by Crippen LogP contribution is -2.15. The Bertz CT molecular complexity index is 250. The fraction of sp³-hybridized carbons (Fsp3) is 0.333. The fourth-order valence-corrected chi connectivity index (χ4v) is 0.907. The molecule has 0 heterocycles. The maximum Gasteiger partial charge on any atom is 0.115 e. The number of hydrogen-bond donors (Lipinski definition) is 1. The molecule has 0 saturated carbocycles. The predicted octanol–water partition coefficient (Wildman–Crippen LogP) is 1.80. The zero-order chi connectivity index (χ0) is 8.48. The molecule has 0 aliphatic carbocycles.